The summed E-state index contributed by atoms with van der Waals surface area (Å²) in [7, 11) is 0. The molecule has 0 aromatic carbocycles. The van der Waals surface area contributed by atoms with Crippen molar-refractivity contribution >= 4 is 29.1 Å². The zero-order valence-electron chi connectivity index (χ0n) is 14.1. The van der Waals surface area contributed by atoms with Crippen LogP contribution in [0.25, 0.3) is 11.8 Å². The van der Waals surface area contributed by atoms with E-state index < -0.39 is 5.97 Å². The third-order valence-electron chi connectivity index (χ3n) is 4.08. The number of aromatic nitrogens is 1. The standard InChI is InChI=1S/C17H23N3O3S/c1-3-20-15(21)14(11-19-12-8-6-5-7-9-12)24-16(20)13(10-18)17(22)23-4-2/h11-12,19H,3-9H2,1-2H3. The van der Waals surface area contributed by atoms with Crippen LogP contribution in [0.1, 0.15) is 46.0 Å². The third-order valence-corrected chi connectivity index (χ3v) is 5.21. The van der Waals surface area contributed by atoms with Gasteiger partial charge in [0.15, 0.2) is 5.57 Å². The lowest BCUT2D eigenvalue weighted by Gasteiger charge is -2.21. The highest BCUT2D eigenvalue weighted by Gasteiger charge is 2.16. The lowest BCUT2D eigenvalue weighted by atomic mass is 9.96. The van der Waals surface area contributed by atoms with Crippen molar-refractivity contribution in [2.24, 2.45) is 0 Å². The van der Waals surface area contributed by atoms with Gasteiger partial charge in [0.25, 0.3) is 5.56 Å². The largest absolute Gasteiger partial charge is 0.462 e. The molecule has 1 fully saturated rings. The Balaban J connectivity index is 2.45. The van der Waals surface area contributed by atoms with E-state index in [-0.39, 0.29) is 17.7 Å². The molecule has 1 aliphatic rings. The van der Waals surface area contributed by atoms with Crippen LogP contribution in [0.3, 0.4) is 0 Å². The van der Waals surface area contributed by atoms with Crippen molar-refractivity contribution in [3.05, 3.63) is 19.5 Å². The normalized spacial score (nSPS) is 17.3. The summed E-state index contributed by atoms with van der Waals surface area (Å²) in [6.07, 6.45) is 7.62. The molecule has 1 N–H and O–H groups in total. The third kappa shape index (κ3) is 4.06. The summed E-state index contributed by atoms with van der Waals surface area (Å²) in [5.41, 5.74) is -0.295. The van der Waals surface area contributed by atoms with Gasteiger partial charge in [0.2, 0.25) is 0 Å². The molecule has 6 nitrogen and oxygen atoms in total. The molecule has 1 saturated carbocycles. The molecular formula is C17H23N3O3S. The number of hydrogen-bond acceptors (Lipinski definition) is 6. The van der Waals surface area contributed by atoms with Gasteiger partial charge in [0, 0.05) is 18.8 Å². The van der Waals surface area contributed by atoms with Crippen molar-refractivity contribution in [3.63, 3.8) is 0 Å². The SMILES string of the molecule is CCOC(=O)C(C#N)=c1sc(=CNC2CCCCC2)c(=O)n1CC. The Morgan fingerprint density at radius 2 is 2.12 bits per heavy atom. The highest BCUT2D eigenvalue weighted by molar-refractivity contribution is 7.07. The second-order valence-corrected chi connectivity index (χ2v) is 6.70. The zero-order valence-corrected chi connectivity index (χ0v) is 14.9. The topological polar surface area (TPSA) is 84.1 Å². The first-order valence-electron chi connectivity index (χ1n) is 8.39. The minimum Gasteiger partial charge on any atom is -0.462 e. The fourth-order valence-corrected chi connectivity index (χ4v) is 3.93. The van der Waals surface area contributed by atoms with Gasteiger partial charge >= 0.3 is 5.97 Å². The maximum absolute atomic E-state index is 12.5. The average molecular weight is 349 g/mol. The van der Waals surface area contributed by atoms with Crippen LogP contribution in [-0.2, 0) is 16.1 Å². The van der Waals surface area contributed by atoms with Crippen molar-refractivity contribution in [1.82, 2.24) is 9.88 Å². The molecule has 0 atom stereocenters. The Hall–Kier alpha value is -2.07. The minimum atomic E-state index is -0.685. The Morgan fingerprint density at radius 1 is 1.42 bits per heavy atom. The van der Waals surface area contributed by atoms with Gasteiger partial charge < -0.3 is 10.1 Å². The van der Waals surface area contributed by atoms with E-state index in [1.54, 1.807) is 13.1 Å². The molecule has 0 spiro atoms. The second kappa shape index (κ2) is 8.69. The van der Waals surface area contributed by atoms with Crippen molar-refractivity contribution < 1.29 is 9.53 Å². The van der Waals surface area contributed by atoms with E-state index in [4.69, 9.17) is 4.74 Å². The van der Waals surface area contributed by atoms with E-state index in [9.17, 15) is 14.9 Å². The van der Waals surface area contributed by atoms with Crippen molar-refractivity contribution in [2.45, 2.75) is 58.5 Å². The highest BCUT2D eigenvalue weighted by atomic mass is 32.1. The molecule has 1 aliphatic carbocycles. The molecule has 130 valence electrons. The maximum atomic E-state index is 12.5. The molecule has 0 radical (unpaired) electrons. The van der Waals surface area contributed by atoms with E-state index >= 15 is 0 Å². The number of carbonyl (C=O) groups is 1. The van der Waals surface area contributed by atoms with Gasteiger partial charge in [-0.3, -0.25) is 9.36 Å². The van der Waals surface area contributed by atoms with Crippen LogP contribution in [0.5, 0.6) is 0 Å². The number of hydrogen-bond donors (Lipinski definition) is 1. The number of nitriles is 1. The molecule has 0 unspecified atom stereocenters. The monoisotopic (exact) mass is 349 g/mol. The predicted octanol–water partition coefficient (Wildman–Crippen LogP) is 0.827. The van der Waals surface area contributed by atoms with Gasteiger partial charge in [-0.1, -0.05) is 19.3 Å². The number of esters is 1. The van der Waals surface area contributed by atoms with Crippen molar-refractivity contribution in [1.29, 1.82) is 5.26 Å². The Labute approximate surface area is 145 Å². The van der Waals surface area contributed by atoms with E-state index in [1.807, 2.05) is 13.0 Å². The molecular weight excluding hydrogens is 326 g/mol. The summed E-state index contributed by atoms with van der Waals surface area (Å²) in [6.45, 7) is 4.08. The van der Waals surface area contributed by atoms with Crippen molar-refractivity contribution in [3.8, 4) is 6.07 Å². The van der Waals surface area contributed by atoms with Crippen LogP contribution in [0.2, 0.25) is 0 Å². The zero-order chi connectivity index (χ0) is 17.5. The van der Waals surface area contributed by atoms with Gasteiger partial charge in [-0.2, -0.15) is 5.26 Å². The number of rotatable bonds is 5. The second-order valence-electron chi connectivity index (χ2n) is 5.67. The average Bonchev–Trinajstić information content (AvgIpc) is 2.90. The summed E-state index contributed by atoms with van der Waals surface area (Å²) in [4.78, 5) is 24.5. The lowest BCUT2D eigenvalue weighted by Crippen LogP contribution is -2.34. The smallest absolute Gasteiger partial charge is 0.351 e. The van der Waals surface area contributed by atoms with Gasteiger partial charge in [0.05, 0.1) is 6.61 Å². The number of ether oxygens (including phenoxy) is 1. The van der Waals surface area contributed by atoms with Crippen LogP contribution in [-0.4, -0.2) is 23.2 Å². The highest BCUT2D eigenvalue weighted by Crippen LogP contribution is 2.17. The van der Waals surface area contributed by atoms with Crippen LogP contribution in [0, 0.1) is 11.3 Å². The first-order chi connectivity index (χ1) is 11.6. The molecule has 1 aromatic rings. The van der Waals surface area contributed by atoms with Crippen LogP contribution >= 0.6 is 11.3 Å². The molecule has 0 bridgehead atoms. The number of nitrogens with one attached hydrogen (secondary N) is 1. The molecule has 0 amide bonds. The van der Waals surface area contributed by atoms with Crippen LogP contribution in [0.15, 0.2) is 4.79 Å². The summed E-state index contributed by atoms with van der Waals surface area (Å²) in [6, 6.07) is 2.27. The van der Waals surface area contributed by atoms with Crippen LogP contribution in [0.4, 0.5) is 0 Å². The number of nitrogens with zero attached hydrogens (tertiary/aromatic N) is 2. The summed E-state index contributed by atoms with van der Waals surface area (Å²) < 4.78 is 7.24. The van der Waals surface area contributed by atoms with Gasteiger partial charge in [-0.15, -0.1) is 11.3 Å². The summed E-state index contributed by atoms with van der Waals surface area (Å²) in [5, 5.41) is 12.6. The lowest BCUT2D eigenvalue weighted by molar-refractivity contribution is -0.136. The number of carbonyl (C=O) groups excluding carboxylic acids is 1. The fraction of sp³-hybridized carbons (Fsp3) is 0.588. The van der Waals surface area contributed by atoms with E-state index in [1.165, 1.54) is 23.8 Å². The summed E-state index contributed by atoms with van der Waals surface area (Å²) in [5.74, 6) is -0.685. The molecule has 0 saturated heterocycles. The Morgan fingerprint density at radius 3 is 2.71 bits per heavy atom. The maximum Gasteiger partial charge on any atom is 0.351 e. The van der Waals surface area contributed by atoms with Crippen molar-refractivity contribution in [2.75, 3.05) is 6.61 Å². The molecule has 2 rings (SSSR count). The fourth-order valence-electron chi connectivity index (χ4n) is 2.84. The molecule has 7 heteroatoms. The summed E-state index contributed by atoms with van der Waals surface area (Å²) >= 11 is 1.16. The predicted molar refractivity (Wildman–Crippen MR) is 93.6 cm³/mol. The van der Waals surface area contributed by atoms with Crippen LogP contribution < -0.4 is 20.1 Å². The van der Waals surface area contributed by atoms with Gasteiger partial charge in [-0.25, -0.2) is 4.79 Å². The number of thiazole rings is 1. The van der Waals surface area contributed by atoms with E-state index in [0.717, 1.165) is 24.2 Å². The Kier molecular flexibility index (Phi) is 6.62. The molecule has 0 aliphatic heterocycles. The van der Waals surface area contributed by atoms with E-state index in [0.29, 0.717) is 21.8 Å². The molecule has 1 heterocycles. The van der Waals surface area contributed by atoms with Gasteiger partial charge in [0.1, 0.15) is 15.3 Å². The van der Waals surface area contributed by atoms with E-state index in [2.05, 4.69) is 5.32 Å². The molecule has 1 aromatic heterocycles. The quantitative estimate of drug-likeness (QED) is 0.796. The Bertz CT molecular complexity index is 795. The van der Waals surface area contributed by atoms with Gasteiger partial charge in [-0.05, 0) is 26.7 Å². The first kappa shape index (κ1) is 18.3. The minimum absolute atomic E-state index is 0.113. The first-order valence-corrected chi connectivity index (χ1v) is 9.21. The molecule has 24 heavy (non-hydrogen) atoms.